The molecule has 0 saturated carbocycles. The van der Waals surface area contributed by atoms with E-state index in [1.54, 1.807) is 0 Å². The normalized spacial score (nSPS) is 16.6. The van der Waals surface area contributed by atoms with E-state index < -0.39 is 0 Å². The minimum absolute atomic E-state index is 0. The first-order valence-electron chi connectivity index (χ1n) is 9.72. The van der Waals surface area contributed by atoms with Crippen molar-refractivity contribution in [1.82, 2.24) is 30.4 Å². The van der Waals surface area contributed by atoms with Gasteiger partial charge in [0.25, 0.3) is 0 Å². The average Bonchev–Trinajstić information content (AvgIpc) is 3.31. The summed E-state index contributed by atoms with van der Waals surface area (Å²) in [5.41, 5.74) is 0. The monoisotopic (exact) mass is 530 g/mol. The number of nitrogens with one attached hydrogen (secondary N) is 2. The number of hydrogen-bond donors (Lipinski definition) is 2. The van der Waals surface area contributed by atoms with Crippen molar-refractivity contribution in [2.75, 3.05) is 36.5 Å². The van der Waals surface area contributed by atoms with E-state index in [0.717, 1.165) is 61.7 Å². The molecular weight excluding hydrogens is 499 g/mol. The lowest BCUT2D eigenvalue weighted by Crippen LogP contribution is -2.45. The maximum absolute atomic E-state index is 4.76. The Morgan fingerprint density at radius 2 is 2.21 bits per heavy atom. The highest BCUT2D eigenvalue weighted by atomic mass is 127. The summed E-state index contributed by atoms with van der Waals surface area (Å²) in [6.45, 7) is 5.28. The zero-order valence-electron chi connectivity index (χ0n) is 17.3. The molecule has 160 valence electrons. The number of pyridine rings is 1. The van der Waals surface area contributed by atoms with Gasteiger partial charge in [0.1, 0.15) is 18.2 Å². The van der Waals surface area contributed by atoms with E-state index >= 15 is 0 Å². The number of aromatic nitrogens is 4. The lowest BCUT2D eigenvalue weighted by atomic mass is 10.3. The van der Waals surface area contributed by atoms with Crippen LogP contribution in [0, 0.1) is 6.92 Å². The van der Waals surface area contributed by atoms with E-state index in [4.69, 9.17) is 4.99 Å². The summed E-state index contributed by atoms with van der Waals surface area (Å²) >= 11 is 1.86. The largest absolute Gasteiger partial charge is 0.356 e. The van der Waals surface area contributed by atoms with Crippen LogP contribution in [0.5, 0.6) is 0 Å². The molecule has 0 radical (unpaired) electrons. The number of thioether (sulfide) groups is 1. The van der Waals surface area contributed by atoms with Crippen molar-refractivity contribution in [3.8, 4) is 0 Å². The predicted octanol–water partition coefficient (Wildman–Crippen LogP) is 2.20. The van der Waals surface area contributed by atoms with E-state index in [1.807, 2.05) is 48.6 Å². The number of anilines is 1. The van der Waals surface area contributed by atoms with Crippen molar-refractivity contribution in [3.63, 3.8) is 0 Å². The van der Waals surface area contributed by atoms with Crippen molar-refractivity contribution in [3.05, 3.63) is 36.0 Å². The molecule has 0 aliphatic carbocycles. The Labute approximate surface area is 194 Å². The smallest absolute Gasteiger partial charge is 0.191 e. The van der Waals surface area contributed by atoms with Gasteiger partial charge in [-0.15, -0.1) is 34.2 Å². The van der Waals surface area contributed by atoms with Crippen LogP contribution in [0.4, 0.5) is 5.82 Å². The zero-order valence-corrected chi connectivity index (χ0v) is 20.5. The molecule has 1 unspecified atom stereocenters. The molecule has 2 aromatic rings. The molecule has 0 bridgehead atoms. The topological polar surface area (TPSA) is 83.3 Å². The second-order valence-corrected chi connectivity index (χ2v) is 7.91. The Kier molecular flexibility index (Phi) is 9.98. The van der Waals surface area contributed by atoms with Gasteiger partial charge in [0.05, 0.1) is 0 Å². The number of halogens is 1. The Bertz CT molecular complexity index is 767. The van der Waals surface area contributed by atoms with Crippen LogP contribution in [0.3, 0.4) is 0 Å². The van der Waals surface area contributed by atoms with Gasteiger partial charge in [0.15, 0.2) is 11.8 Å². The minimum Gasteiger partial charge on any atom is -0.356 e. The quantitative estimate of drug-likeness (QED) is 0.234. The lowest BCUT2D eigenvalue weighted by Gasteiger charge is -2.20. The van der Waals surface area contributed by atoms with Crippen LogP contribution in [0.2, 0.25) is 0 Å². The molecule has 1 saturated heterocycles. The fourth-order valence-corrected chi connectivity index (χ4v) is 3.57. The van der Waals surface area contributed by atoms with Crippen molar-refractivity contribution in [2.24, 2.45) is 12.0 Å². The van der Waals surface area contributed by atoms with Gasteiger partial charge in [-0.05, 0) is 43.9 Å². The van der Waals surface area contributed by atoms with Crippen LogP contribution >= 0.6 is 35.7 Å². The SMILES string of the molecule is CSCCCNC(=NCc1nnc(C)n1C)NC1CCN(c2ccccn2)C1.I. The van der Waals surface area contributed by atoms with Crippen LogP contribution < -0.4 is 15.5 Å². The first-order valence-corrected chi connectivity index (χ1v) is 11.1. The fourth-order valence-electron chi connectivity index (χ4n) is 3.13. The maximum Gasteiger partial charge on any atom is 0.191 e. The van der Waals surface area contributed by atoms with Crippen molar-refractivity contribution < 1.29 is 0 Å². The summed E-state index contributed by atoms with van der Waals surface area (Å²) in [6, 6.07) is 6.39. The number of aliphatic imine (C=N–C) groups is 1. The van der Waals surface area contributed by atoms with Gasteiger partial charge in [-0.1, -0.05) is 6.07 Å². The van der Waals surface area contributed by atoms with Gasteiger partial charge < -0.3 is 20.1 Å². The molecule has 3 rings (SSSR count). The highest BCUT2D eigenvalue weighted by Crippen LogP contribution is 2.17. The summed E-state index contributed by atoms with van der Waals surface area (Å²) < 4.78 is 1.98. The van der Waals surface area contributed by atoms with Crippen molar-refractivity contribution in [2.45, 2.75) is 32.4 Å². The summed E-state index contributed by atoms with van der Waals surface area (Å²) in [6.07, 6.45) is 6.15. The molecule has 2 N–H and O–H groups in total. The second-order valence-electron chi connectivity index (χ2n) is 6.92. The Balaban J connectivity index is 0.00000300. The van der Waals surface area contributed by atoms with Gasteiger partial charge in [0, 0.05) is 38.9 Å². The van der Waals surface area contributed by atoms with Crippen LogP contribution in [-0.2, 0) is 13.6 Å². The van der Waals surface area contributed by atoms with Crippen molar-refractivity contribution in [1.29, 1.82) is 0 Å². The highest BCUT2D eigenvalue weighted by Gasteiger charge is 2.24. The zero-order chi connectivity index (χ0) is 19.8. The second kappa shape index (κ2) is 12.2. The van der Waals surface area contributed by atoms with E-state index in [9.17, 15) is 0 Å². The van der Waals surface area contributed by atoms with Crippen LogP contribution in [0.15, 0.2) is 29.4 Å². The van der Waals surface area contributed by atoms with Gasteiger partial charge in [0.2, 0.25) is 0 Å². The number of aryl methyl sites for hydroxylation is 1. The van der Waals surface area contributed by atoms with Gasteiger partial charge in [-0.2, -0.15) is 11.8 Å². The average molecular weight is 530 g/mol. The molecule has 1 aliphatic rings. The molecule has 8 nitrogen and oxygen atoms in total. The molecule has 0 amide bonds. The lowest BCUT2D eigenvalue weighted by molar-refractivity contribution is 0.641. The summed E-state index contributed by atoms with van der Waals surface area (Å²) in [5.74, 6) is 4.78. The third kappa shape index (κ3) is 7.02. The molecule has 0 aromatic carbocycles. The summed E-state index contributed by atoms with van der Waals surface area (Å²) in [7, 11) is 1.97. The molecule has 1 fully saturated rings. The standard InChI is InChI=1S/C19H30N8S.HI/c1-15-24-25-18(26(15)2)13-22-19(21-10-6-12-28-3)23-16-8-11-27(14-16)17-7-4-5-9-20-17;/h4-5,7,9,16H,6,8,10-14H2,1-3H3,(H2,21,22,23);1H. The third-order valence-corrected chi connectivity index (χ3v) is 5.58. The molecule has 29 heavy (non-hydrogen) atoms. The van der Waals surface area contributed by atoms with Crippen LogP contribution in [-0.4, -0.2) is 63.4 Å². The fraction of sp³-hybridized carbons (Fsp3) is 0.579. The molecule has 1 aliphatic heterocycles. The number of hydrogen-bond acceptors (Lipinski definition) is 6. The molecule has 2 aromatic heterocycles. The van der Waals surface area contributed by atoms with Crippen molar-refractivity contribution >= 4 is 47.5 Å². The van der Waals surface area contributed by atoms with E-state index in [0.29, 0.717) is 12.6 Å². The number of rotatable bonds is 8. The first kappa shape index (κ1) is 23.7. The first-order chi connectivity index (χ1) is 13.7. The molecular formula is C19H31IN8S. The van der Waals surface area contributed by atoms with Crippen LogP contribution in [0.25, 0.3) is 0 Å². The Morgan fingerprint density at radius 1 is 1.34 bits per heavy atom. The Hall–Kier alpha value is -1.56. The molecule has 3 heterocycles. The van der Waals surface area contributed by atoms with Gasteiger partial charge >= 0.3 is 0 Å². The van der Waals surface area contributed by atoms with E-state index in [1.165, 1.54) is 0 Å². The highest BCUT2D eigenvalue weighted by molar-refractivity contribution is 14.0. The Morgan fingerprint density at radius 3 is 2.90 bits per heavy atom. The predicted molar refractivity (Wildman–Crippen MR) is 131 cm³/mol. The van der Waals surface area contributed by atoms with Crippen LogP contribution in [0.1, 0.15) is 24.5 Å². The summed E-state index contributed by atoms with van der Waals surface area (Å²) in [5, 5.41) is 15.4. The van der Waals surface area contributed by atoms with E-state index in [-0.39, 0.29) is 24.0 Å². The number of guanidine groups is 1. The van der Waals surface area contributed by atoms with Gasteiger partial charge in [-0.3, -0.25) is 0 Å². The van der Waals surface area contributed by atoms with Gasteiger partial charge in [-0.25, -0.2) is 9.98 Å². The summed E-state index contributed by atoms with van der Waals surface area (Å²) in [4.78, 5) is 11.5. The third-order valence-electron chi connectivity index (χ3n) is 4.88. The number of nitrogens with zero attached hydrogens (tertiary/aromatic N) is 6. The molecule has 10 heteroatoms. The maximum atomic E-state index is 4.76. The molecule has 1 atom stereocenters. The minimum atomic E-state index is 0. The molecule has 0 spiro atoms. The van der Waals surface area contributed by atoms with E-state index in [2.05, 4.69) is 43.0 Å².